The number of halogens is 1. The first-order valence-electron chi connectivity index (χ1n) is 5.56. The van der Waals surface area contributed by atoms with Crippen molar-refractivity contribution in [1.82, 2.24) is 5.32 Å². The Morgan fingerprint density at radius 1 is 1.59 bits per heavy atom. The number of amides is 1. The Morgan fingerprint density at radius 3 is 2.88 bits per heavy atom. The lowest BCUT2D eigenvalue weighted by atomic mass is 10.1. The number of anilines is 1. The van der Waals surface area contributed by atoms with Gasteiger partial charge in [-0.1, -0.05) is 13.3 Å². The van der Waals surface area contributed by atoms with Crippen LogP contribution in [0.2, 0.25) is 0 Å². The number of carbonyl (C=O) groups is 1. The van der Waals surface area contributed by atoms with E-state index < -0.39 is 17.8 Å². The largest absolute Gasteiger partial charge is 0.399 e. The first-order chi connectivity index (χ1) is 8.04. The minimum absolute atomic E-state index is 0.0668. The molecular weight excluding hydrogens is 223 g/mol. The Morgan fingerprint density at radius 2 is 2.29 bits per heavy atom. The van der Waals surface area contributed by atoms with Crippen molar-refractivity contribution in [2.75, 3.05) is 12.3 Å². The second-order valence-corrected chi connectivity index (χ2v) is 3.89. The Balaban J connectivity index is 2.58. The molecule has 4 N–H and O–H groups in total. The highest BCUT2D eigenvalue weighted by atomic mass is 19.1. The molecule has 0 aliphatic heterocycles. The highest BCUT2D eigenvalue weighted by Crippen LogP contribution is 2.11. The van der Waals surface area contributed by atoms with Crippen molar-refractivity contribution in [3.05, 3.63) is 29.6 Å². The Bertz CT molecular complexity index is 396. The first kappa shape index (κ1) is 13.4. The highest BCUT2D eigenvalue weighted by molar-refractivity contribution is 5.94. The van der Waals surface area contributed by atoms with Gasteiger partial charge in [0.2, 0.25) is 0 Å². The molecule has 0 aliphatic carbocycles. The molecule has 4 nitrogen and oxygen atoms in total. The third-order valence-electron chi connectivity index (χ3n) is 2.36. The Kier molecular flexibility index (Phi) is 4.90. The quantitative estimate of drug-likeness (QED) is 0.679. The molecule has 0 aromatic heterocycles. The van der Waals surface area contributed by atoms with Crippen molar-refractivity contribution < 1.29 is 14.3 Å². The molecule has 1 atom stereocenters. The summed E-state index contributed by atoms with van der Waals surface area (Å²) >= 11 is 0. The number of nitrogens with two attached hydrogens (primary N) is 1. The lowest BCUT2D eigenvalue weighted by molar-refractivity contribution is 0.0906. The van der Waals surface area contributed by atoms with Crippen LogP contribution in [0.25, 0.3) is 0 Å². The number of hydrogen-bond acceptors (Lipinski definition) is 3. The lowest BCUT2D eigenvalue weighted by Gasteiger charge is -2.11. The molecule has 1 amide bonds. The summed E-state index contributed by atoms with van der Waals surface area (Å²) in [6.45, 7) is 2.06. The van der Waals surface area contributed by atoms with Crippen molar-refractivity contribution in [2.45, 2.75) is 25.9 Å². The minimum Gasteiger partial charge on any atom is -0.399 e. The molecule has 17 heavy (non-hydrogen) atoms. The summed E-state index contributed by atoms with van der Waals surface area (Å²) < 4.78 is 13.4. The van der Waals surface area contributed by atoms with E-state index in [1.165, 1.54) is 12.1 Å². The number of benzene rings is 1. The Labute approximate surface area is 99.6 Å². The normalized spacial score (nSPS) is 12.2. The summed E-state index contributed by atoms with van der Waals surface area (Å²) in [5.74, 6) is -1.20. The second-order valence-electron chi connectivity index (χ2n) is 3.89. The maximum Gasteiger partial charge on any atom is 0.254 e. The molecule has 1 unspecified atom stereocenters. The second kappa shape index (κ2) is 6.20. The van der Waals surface area contributed by atoms with Gasteiger partial charge in [0, 0.05) is 12.2 Å². The van der Waals surface area contributed by atoms with Gasteiger partial charge in [-0.05, 0) is 24.6 Å². The number of rotatable bonds is 5. The van der Waals surface area contributed by atoms with E-state index in [4.69, 9.17) is 5.73 Å². The van der Waals surface area contributed by atoms with Crippen LogP contribution in [-0.2, 0) is 0 Å². The van der Waals surface area contributed by atoms with Crippen LogP contribution in [-0.4, -0.2) is 23.7 Å². The molecule has 1 aromatic carbocycles. The number of hydrogen-bond donors (Lipinski definition) is 3. The van der Waals surface area contributed by atoms with Gasteiger partial charge in [0.25, 0.3) is 5.91 Å². The molecule has 0 fully saturated rings. The fraction of sp³-hybridized carbons (Fsp3) is 0.417. The zero-order valence-corrected chi connectivity index (χ0v) is 9.74. The van der Waals surface area contributed by atoms with Gasteiger partial charge >= 0.3 is 0 Å². The number of aliphatic hydroxyl groups is 1. The Hall–Kier alpha value is -1.62. The molecule has 0 saturated carbocycles. The predicted octanol–water partition coefficient (Wildman–Crippen LogP) is 1.30. The summed E-state index contributed by atoms with van der Waals surface area (Å²) in [5, 5.41) is 11.9. The average Bonchev–Trinajstić information content (AvgIpc) is 2.26. The molecular formula is C12H17FN2O2. The van der Waals surface area contributed by atoms with Gasteiger partial charge in [0.15, 0.2) is 0 Å². The van der Waals surface area contributed by atoms with Crippen LogP contribution in [0.1, 0.15) is 30.1 Å². The summed E-state index contributed by atoms with van der Waals surface area (Å²) in [5.41, 5.74) is 5.58. The molecule has 0 aliphatic rings. The van der Waals surface area contributed by atoms with Crippen molar-refractivity contribution in [3.63, 3.8) is 0 Å². The standard InChI is InChI=1S/C12H17FN2O2/c1-2-3-9(16)7-15-12(17)10-5-4-8(14)6-11(10)13/h4-6,9,16H,2-3,7,14H2,1H3,(H,15,17). The predicted molar refractivity (Wildman–Crippen MR) is 64.1 cm³/mol. The van der Waals surface area contributed by atoms with Gasteiger partial charge < -0.3 is 16.2 Å². The third kappa shape index (κ3) is 4.03. The topological polar surface area (TPSA) is 75.3 Å². The zero-order chi connectivity index (χ0) is 12.8. The van der Waals surface area contributed by atoms with Gasteiger partial charge in [0.05, 0.1) is 11.7 Å². The van der Waals surface area contributed by atoms with Gasteiger partial charge in [0.1, 0.15) is 5.82 Å². The average molecular weight is 240 g/mol. The van der Waals surface area contributed by atoms with Crippen LogP contribution >= 0.6 is 0 Å². The fourth-order valence-corrected chi connectivity index (χ4v) is 1.46. The van der Waals surface area contributed by atoms with Crippen molar-refractivity contribution in [1.29, 1.82) is 0 Å². The lowest BCUT2D eigenvalue weighted by Crippen LogP contribution is -2.32. The van der Waals surface area contributed by atoms with E-state index in [2.05, 4.69) is 5.32 Å². The number of aliphatic hydroxyl groups excluding tert-OH is 1. The van der Waals surface area contributed by atoms with Crippen LogP contribution in [0, 0.1) is 5.82 Å². The van der Waals surface area contributed by atoms with E-state index in [1.54, 1.807) is 0 Å². The van der Waals surface area contributed by atoms with Gasteiger partial charge in [-0.3, -0.25) is 4.79 Å². The first-order valence-corrected chi connectivity index (χ1v) is 5.56. The van der Waals surface area contributed by atoms with Crippen LogP contribution < -0.4 is 11.1 Å². The SMILES string of the molecule is CCCC(O)CNC(=O)c1ccc(N)cc1F. The molecule has 0 spiro atoms. The van der Waals surface area contributed by atoms with Crippen LogP contribution in [0.15, 0.2) is 18.2 Å². The van der Waals surface area contributed by atoms with E-state index in [-0.39, 0.29) is 17.8 Å². The zero-order valence-electron chi connectivity index (χ0n) is 9.74. The molecule has 0 heterocycles. The van der Waals surface area contributed by atoms with Crippen molar-refractivity contribution in [2.24, 2.45) is 0 Å². The third-order valence-corrected chi connectivity index (χ3v) is 2.36. The molecule has 0 saturated heterocycles. The van der Waals surface area contributed by atoms with E-state index >= 15 is 0 Å². The van der Waals surface area contributed by atoms with E-state index in [0.717, 1.165) is 12.5 Å². The summed E-state index contributed by atoms with van der Waals surface area (Å²) in [4.78, 5) is 11.6. The summed E-state index contributed by atoms with van der Waals surface area (Å²) in [7, 11) is 0. The van der Waals surface area contributed by atoms with E-state index in [9.17, 15) is 14.3 Å². The molecule has 1 aromatic rings. The van der Waals surface area contributed by atoms with Gasteiger partial charge in [-0.25, -0.2) is 4.39 Å². The van der Waals surface area contributed by atoms with Crippen LogP contribution in [0.4, 0.5) is 10.1 Å². The molecule has 5 heteroatoms. The minimum atomic E-state index is -0.660. The number of carbonyl (C=O) groups excluding carboxylic acids is 1. The molecule has 0 bridgehead atoms. The summed E-state index contributed by atoms with van der Waals surface area (Å²) in [6.07, 6.45) is 0.832. The molecule has 1 rings (SSSR count). The molecule has 94 valence electrons. The van der Waals surface area contributed by atoms with E-state index in [0.29, 0.717) is 6.42 Å². The van der Waals surface area contributed by atoms with Gasteiger partial charge in [-0.2, -0.15) is 0 Å². The van der Waals surface area contributed by atoms with E-state index in [1.807, 2.05) is 6.92 Å². The maximum absolute atomic E-state index is 13.4. The molecule has 0 radical (unpaired) electrons. The smallest absolute Gasteiger partial charge is 0.254 e. The van der Waals surface area contributed by atoms with Crippen LogP contribution in [0.5, 0.6) is 0 Å². The maximum atomic E-state index is 13.4. The fourth-order valence-electron chi connectivity index (χ4n) is 1.46. The van der Waals surface area contributed by atoms with Crippen molar-refractivity contribution in [3.8, 4) is 0 Å². The number of nitrogen functional groups attached to an aromatic ring is 1. The van der Waals surface area contributed by atoms with Gasteiger partial charge in [-0.15, -0.1) is 0 Å². The summed E-state index contributed by atoms with van der Waals surface area (Å²) in [6, 6.07) is 3.88. The highest BCUT2D eigenvalue weighted by Gasteiger charge is 2.12. The number of nitrogens with one attached hydrogen (secondary N) is 1. The van der Waals surface area contributed by atoms with Crippen molar-refractivity contribution >= 4 is 11.6 Å². The monoisotopic (exact) mass is 240 g/mol. The van der Waals surface area contributed by atoms with Crippen LogP contribution in [0.3, 0.4) is 0 Å².